The second-order valence-corrected chi connectivity index (χ2v) is 3.55. The second kappa shape index (κ2) is 3.87. The summed E-state index contributed by atoms with van der Waals surface area (Å²) >= 11 is 5.81. The van der Waals surface area contributed by atoms with Gasteiger partial charge in [0.25, 0.3) is 0 Å². The van der Waals surface area contributed by atoms with Gasteiger partial charge in [-0.2, -0.15) is 13.2 Å². The Morgan fingerprint density at radius 2 is 2.00 bits per heavy atom. The van der Waals surface area contributed by atoms with Crippen LogP contribution in [0.3, 0.4) is 0 Å². The molecule has 0 aliphatic rings. The predicted octanol–water partition coefficient (Wildman–Crippen LogP) is 4.42. The van der Waals surface area contributed by atoms with E-state index in [1.807, 2.05) is 0 Å². The van der Waals surface area contributed by atoms with Crippen LogP contribution in [0.15, 0.2) is 34.9 Å². The highest BCUT2D eigenvalue weighted by atomic mass is 35.5. The Bertz CT molecular complexity index is 488. The zero-order valence-electron chi connectivity index (χ0n) is 7.81. The zero-order valence-corrected chi connectivity index (χ0v) is 8.56. The second-order valence-electron chi connectivity index (χ2n) is 3.15. The van der Waals surface area contributed by atoms with E-state index in [0.29, 0.717) is 5.56 Å². The molecular formula is C11H5ClF3O. The van der Waals surface area contributed by atoms with E-state index in [2.05, 4.69) is 10.7 Å². The minimum atomic E-state index is -4.38. The lowest BCUT2D eigenvalue weighted by Gasteiger charge is -2.09. The molecule has 1 radical (unpaired) electrons. The van der Waals surface area contributed by atoms with Crippen LogP contribution in [0.2, 0.25) is 5.02 Å². The fraction of sp³-hybridized carbons (Fsp3) is 0.0909. The SMILES string of the molecule is FC(F)(F)c1ccc(Cl)c(-c2c[c]oc2)c1. The van der Waals surface area contributed by atoms with Crippen molar-refractivity contribution in [3.63, 3.8) is 0 Å². The van der Waals surface area contributed by atoms with Crippen LogP contribution in [0.25, 0.3) is 11.1 Å². The van der Waals surface area contributed by atoms with Gasteiger partial charge in [0.05, 0.1) is 11.8 Å². The van der Waals surface area contributed by atoms with E-state index in [9.17, 15) is 13.2 Å². The summed E-state index contributed by atoms with van der Waals surface area (Å²) in [6.45, 7) is 0. The van der Waals surface area contributed by atoms with Crippen LogP contribution < -0.4 is 0 Å². The third-order valence-corrected chi connectivity index (χ3v) is 2.40. The van der Waals surface area contributed by atoms with Crippen LogP contribution in [0.5, 0.6) is 0 Å². The van der Waals surface area contributed by atoms with E-state index < -0.39 is 11.7 Å². The quantitative estimate of drug-likeness (QED) is 0.725. The molecule has 5 heteroatoms. The molecule has 1 nitrogen and oxygen atoms in total. The molecule has 0 saturated heterocycles. The molecule has 0 N–H and O–H groups in total. The molecule has 1 aromatic heterocycles. The van der Waals surface area contributed by atoms with Crippen LogP contribution in [0, 0.1) is 6.26 Å². The van der Waals surface area contributed by atoms with Gasteiger partial charge in [0.1, 0.15) is 0 Å². The average Bonchev–Trinajstić information content (AvgIpc) is 2.69. The first-order chi connectivity index (χ1) is 7.48. The molecule has 0 unspecified atom stereocenters. The maximum atomic E-state index is 12.5. The number of furan rings is 1. The third kappa shape index (κ3) is 2.07. The number of hydrogen-bond donors (Lipinski definition) is 0. The van der Waals surface area contributed by atoms with E-state index in [0.717, 1.165) is 12.1 Å². The summed E-state index contributed by atoms with van der Waals surface area (Å²) in [5.41, 5.74) is 0.00527. The molecule has 1 heterocycles. The van der Waals surface area contributed by atoms with Crippen LogP contribution in [0.1, 0.15) is 5.56 Å². The Kier molecular flexibility index (Phi) is 2.68. The lowest BCUT2D eigenvalue weighted by atomic mass is 10.1. The van der Waals surface area contributed by atoms with Gasteiger partial charge in [-0.3, -0.25) is 0 Å². The first-order valence-electron chi connectivity index (χ1n) is 4.30. The van der Waals surface area contributed by atoms with Gasteiger partial charge >= 0.3 is 6.18 Å². The van der Waals surface area contributed by atoms with Gasteiger partial charge < -0.3 is 4.42 Å². The average molecular weight is 246 g/mol. The van der Waals surface area contributed by atoms with Crippen LogP contribution in [0.4, 0.5) is 13.2 Å². The molecule has 2 rings (SSSR count). The van der Waals surface area contributed by atoms with Gasteiger partial charge in [0, 0.05) is 16.1 Å². The van der Waals surface area contributed by atoms with Gasteiger partial charge in [0.15, 0.2) is 6.26 Å². The van der Waals surface area contributed by atoms with Crippen LogP contribution in [-0.2, 0) is 6.18 Å². The molecule has 0 aliphatic heterocycles. The Labute approximate surface area is 94.4 Å². The summed E-state index contributed by atoms with van der Waals surface area (Å²) in [5, 5.41) is 0.239. The van der Waals surface area contributed by atoms with Crippen molar-refractivity contribution < 1.29 is 17.6 Å². The van der Waals surface area contributed by atoms with Gasteiger partial charge in [-0.15, -0.1) is 0 Å². The molecule has 0 amide bonds. The molecule has 0 fully saturated rings. The summed E-state index contributed by atoms with van der Waals surface area (Å²) in [6, 6.07) is 4.57. The molecule has 0 atom stereocenters. The fourth-order valence-corrected chi connectivity index (χ4v) is 1.52. The maximum absolute atomic E-state index is 12.5. The predicted molar refractivity (Wildman–Crippen MR) is 53.0 cm³/mol. The topological polar surface area (TPSA) is 13.1 Å². The summed E-state index contributed by atoms with van der Waals surface area (Å²) in [6.07, 6.45) is -0.690. The van der Waals surface area contributed by atoms with Gasteiger partial charge in [0.2, 0.25) is 0 Å². The zero-order chi connectivity index (χ0) is 11.8. The third-order valence-electron chi connectivity index (χ3n) is 2.07. The van der Waals surface area contributed by atoms with Crippen molar-refractivity contribution in [3.05, 3.63) is 47.4 Å². The normalized spacial score (nSPS) is 11.8. The van der Waals surface area contributed by atoms with Crippen LogP contribution in [-0.4, -0.2) is 0 Å². The van der Waals surface area contributed by atoms with Crippen molar-refractivity contribution in [1.29, 1.82) is 0 Å². The Morgan fingerprint density at radius 3 is 2.56 bits per heavy atom. The number of alkyl halides is 3. The standard InChI is InChI=1S/C11H5ClF3O/c12-10-2-1-8(11(13,14)15)5-9(10)7-3-4-16-6-7/h1-3,5-6H. The van der Waals surface area contributed by atoms with E-state index >= 15 is 0 Å². The van der Waals surface area contributed by atoms with E-state index in [4.69, 9.17) is 11.6 Å². The maximum Gasteiger partial charge on any atom is 0.416 e. The monoisotopic (exact) mass is 245 g/mol. The number of benzene rings is 1. The lowest BCUT2D eigenvalue weighted by molar-refractivity contribution is -0.137. The highest BCUT2D eigenvalue weighted by molar-refractivity contribution is 6.33. The first-order valence-corrected chi connectivity index (χ1v) is 4.68. The van der Waals surface area contributed by atoms with Gasteiger partial charge in [-0.25, -0.2) is 0 Å². The minimum absolute atomic E-state index is 0.239. The summed E-state index contributed by atoms with van der Waals surface area (Å²) in [4.78, 5) is 0. The smallest absolute Gasteiger partial charge is 0.416 e. The molecule has 1 aromatic carbocycles. The number of rotatable bonds is 1. The van der Waals surface area contributed by atoms with Gasteiger partial charge in [-0.1, -0.05) is 11.6 Å². The van der Waals surface area contributed by atoms with Crippen molar-refractivity contribution in [2.24, 2.45) is 0 Å². The Balaban J connectivity index is 2.54. The van der Waals surface area contributed by atoms with E-state index in [-0.39, 0.29) is 10.6 Å². The number of hydrogen-bond acceptors (Lipinski definition) is 1. The minimum Gasteiger partial charge on any atom is -0.460 e. The largest absolute Gasteiger partial charge is 0.460 e. The molecule has 0 bridgehead atoms. The molecule has 16 heavy (non-hydrogen) atoms. The molecular weight excluding hydrogens is 241 g/mol. The van der Waals surface area contributed by atoms with Crippen molar-refractivity contribution >= 4 is 11.6 Å². The first kappa shape index (κ1) is 11.1. The van der Waals surface area contributed by atoms with Crippen molar-refractivity contribution in [2.75, 3.05) is 0 Å². The lowest BCUT2D eigenvalue weighted by Crippen LogP contribution is -2.04. The van der Waals surface area contributed by atoms with E-state index in [1.165, 1.54) is 18.4 Å². The molecule has 83 valence electrons. The van der Waals surface area contributed by atoms with Crippen molar-refractivity contribution in [3.8, 4) is 11.1 Å². The van der Waals surface area contributed by atoms with Crippen molar-refractivity contribution in [2.45, 2.75) is 6.18 Å². The summed E-state index contributed by atoms with van der Waals surface area (Å²) in [5.74, 6) is 0. The van der Waals surface area contributed by atoms with Gasteiger partial charge in [-0.05, 0) is 24.3 Å². The summed E-state index contributed by atoms with van der Waals surface area (Å²) in [7, 11) is 0. The highest BCUT2D eigenvalue weighted by Crippen LogP contribution is 2.35. The Hall–Kier alpha value is -1.42. The molecule has 0 saturated carbocycles. The Morgan fingerprint density at radius 1 is 1.25 bits per heavy atom. The molecule has 0 aliphatic carbocycles. The highest BCUT2D eigenvalue weighted by Gasteiger charge is 2.31. The van der Waals surface area contributed by atoms with Crippen molar-refractivity contribution in [1.82, 2.24) is 0 Å². The fourth-order valence-electron chi connectivity index (χ4n) is 1.29. The summed E-state index contributed by atoms with van der Waals surface area (Å²) < 4.78 is 42.1. The van der Waals surface area contributed by atoms with E-state index in [1.54, 1.807) is 0 Å². The number of halogens is 4. The molecule has 0 spiro atoms. The molecule has 2 aromatic rings. The van der Waals surface area contributed by atoms with Crippen LogP contribution >= 0.6 is 11.6 Å².